The Morgan fingerprint density at radius 2 is 1.71 bits per heavy atom. The van der Waals surface area contributed by atoms with Crippen LogP contribution in [0.25, 0.3) is 22.3 Å². The van der Waals surface area contributed by atoms with Gasteiger partial charge in [-0.1, -0.05) is 36.8 Å². The van der Waals surface area contributed by atoms with Gasteiger partial charge in [0.25, 0.3) is 5.56 Å². The molecular weight excluding hydrogens is 434 g/mol. The zero-order chi connectivity index (χ0) is 24.5. The molecule has 2 aromatic carbocycles. The van der Waals surface area contributed by atoms with Crippen LogP contribution in [0, 0.1) is 11.3 Å². The average Bonchev–Trinajstić information content (AvgIpc) is 2.86. The number of nitrogens with one attached hydrogen (secondary N) is 1. The normalized spacial score (nSPS) is 25.5. The van der Waals surface area contributed by atoms with Crippen LogP contribution in [-0.2, 0) is 0 Å². The smallest absolute Gasteiger partial charge is 0.277 e. The molecule has 1 aromatic heterocycles. The molecule has 6 heteroatoms. The second-order valence-electron chi connectivity index (χ2n) is 10.6. The minimum absolute atomic E-state index is 0.0105. The van der Waals surface area contributed by atoms with Gasteiger partial charge in [0.2, 0.25) is 0 Å². The Kier molecular flexibility index (Phi) is 6.74. The molecule has 0 bridgehead atoms. The number of nitrogens with zero attached hydrogens (tertiary/aromatic N) is 3. The molecule has 0 spiro atoms. The van der Waals surface area contributed by atoms with E-state index in [1.54, 1.807) is 12.1 Å². The number of rotatable bonds is 5. The minimum Gasteiger partial charge on any atom is -0.384 e. The lowest BCUT2D eigenvalue weighted by Gasteiger charge is -2.42. The van der Waals surface area contributed by atoms with E-state index in [2.05, 4.69) is 18.7 Å². The second-order valence-corrected chi connectivity index (χ2v) is 10.6. The molecule has 1 saturated carbocycles. The van der Waals surface area contributed by atoms with Crippen molar-refractivity contribution in [2.75, 3.05) is 6.54 Å². The third-order valence-electron chi connectivity index (χ3n) is 8.27. The van der Waals surface area contributed by atoms with Crippen LogP contribution in [0.3, 0.4) is 0 Å². The fourth-order valence-corrected chi connectivity index (χ4v) is 6.26. The molecule has 1 aliphatic heterocycles. The second kappa shape index (κ2) is 9.94. The van der Waals surface area contributed by atoms with Gasteiger partial charge in [0.15, 0.2) is 0 Å². The Hall–Kier alpha value is -2.99. The van der Waals surface area contributed by atoms with Gasteiger partial charge in [-0.05, 0) is 76.5 Å². The van der Waals surface area contributed by atoms with Gasteiger partial charge in [0.05, 0.1) is 11.0 Å². The quantitative estimate of drug-likeness (QED) is 0.388. The topological polar surface area (TPSA) is 88.0 Å². The summed E-state index contributed by atoms with van der Waals surface area (Å²) < 4.78 is 2.00. The predicted molar refractivity (Wildman–Crippen MR) is 143 cm³/mol. The molecule has 6 nitrogen and oxygen atoms in total. The lowest BCUT2D eigenvalue weighted by molar-refractivity contribution is 0.0714. The highest BCUT2D eigenvalue weighted by Gasteiger charge is 2.30. The van der Waals surface area contributed by atoms with E-state index in [9.17, 15) is 4.79 Å². The Morgan fingerprint density at radius 3 is 2.43 bits per heavy atom. The number of likely N-dealkylation sites (tertiary alicyclic amines) is 1. The van der Waals surface area contributed by atoms with Crippen LogP contribution in [0.1, 0.15) is 70.4 Å². The molecule has 35 heavy (non-hydrogen) atoms. The summed E-state index contributed by atoms with van der Waals surface area (Å²) in [5.74, 6) is 0.688. The highest BCUT2D eigenvalue weighted by molar-refractivity contribution is 5.96. The third-order valence-corrected chi connectivity index (χ3v) is 8.27. The monoisotopic (exact) mass is 471 g/mol. The van der Waals surface area contributed by atoms with Crippen molar-refractivity contribution in [2.24, 2.45) is 11.7 Å². The summed E-state index contributed by atoms with van der Waals surface area (Å²) in [6.07, 6.45) is 8.31. The van der Waals surface area contributed by atoms with Crippen LogP contribution < -0.4 is 11.3 Å². The molecule has 2 fully saturated rings. The number of para-hydroxylation sites is 2. The maximum Gasteiger partial charge on any atom is 0.277 e. The standard InChI is InChI=1S/C29H37N5O/c1-19-7-5-8-20(2)33(19)18-21-13-15-24(16-14-21)34-26-12-4-3-11-25(26)32-27(29(34)35)22-9-6-10-23(17-22)28(30)31/h3-4,6,9-12,17,19-21,24H,5,7-8,13-16,18H2,1-2H3,(H3,30,31). The van der Waals surface area contributed by atoms with E-state index in [0.29, 0.717) is 34.8 Å². The number of benzene rings is 2. The number of piperidine rings is 1. The number of aromatic nitrogens is 2. The van der Waals surface area contributed by atoms with Gasteiger partial charge in [-0.25, -0.2) is 4.98 Å². The fraction of sp³-hybridized carbons (Fsp3) is 0.483. The van der Waals surface area contributed by atoms with E-state index in [0.717, 1.165) is 36.7 Å². The first-order valence-electron chi connectivity index (χ1n) is 13.1. The molecule has 3 aromatic rings. The molecule has 0 amide bonds. The van der Waals surface area contributed by atoms with Gasteiger partial charge < -0.3 is 10.3 Å². The number of hydrogen-bond acceptors (Lipinski definition) is 4. The van der Waals surface area contributed by atoms with E-state index < -0.39 is 0 Å². The Balaban J connectivity index is 1.44. The van der Waals surface area contributed by atoms with Crippen LogP contribution >= 0.6 is 0 Å². The Morgan fingerprint density at radius 1 is 1.00 bits per heavy atom. The van der Waals surface area contributed by atoms with E-state index in [-0.39, 0.29) is 17.4 Å². The molecule has 2 aliphatic rings. The first-order chi connectivity index (χ1) is 16.9. The van der Waals surface area contributed by atoms with Crippen LogP contribution in [-0.4, -0.2) is 38.9 Å². The van der Waals surface area contributed by atoms with Crippen LogP contribution in [0.15, 0.2) is 53.3 Å². The van der Waals surface area contributed by atoms with Crippen molar-refractivity contribution in [1.29, 1.82) is 5.41 Å². The first-order valence-corrected chi connectivity index (χ1v) is 13.1. The lowest BCUT2D eigenvalue weighted by atomic mass is 9.84. The summed E-state index contributed by atoms with van der Waals surface area (Å²) in [6, 6.07) is 16.8. The van der Waals surface area contributed by atoms with Crippen LogP contribution in [0.5, 0.6) is 0 Å². The lowest BCUT2D eigenvalue weighted by Crippen LogP contribution is -2.46. The molecule has 1 saturated heterocycles. The van der Waals surface area contributed by atoms with Crippen molar-refractivity contribution < 1.29 is 0 Å². The van der Waals surface area contributed by atoms with Gasteiger partial charge in [-0.2, -0.15) is 0 Å². The number of nitrogens with two attached hydrogens (primary N) is 1. The molecule has 2 atom stereocenters. The van der Waals surface area contributed by atoms with Gasteiger partial charge in [-0.15, -0.1) is 0 Å². The van der Waals surface area contributed by atoms with Crippen LogP contribution in [0.2, 0.25) is 0 Å². The van der Waals surface area contributed by atoms with Crippen molar-refractivity contribution in [2.45, 2.75) is 76.9 Å². The fourth-order valence-electron chi connectivity index (χ4n) is 6.26. The molecule has 1 aliphatic carbocycles. The minimum atomic E-state index is -0.0499. The summed E-state index contributed by atoms with van der Waals surface area (Å²) >= 11 is 0. The molecule has 2 unspecified atom stereocenters. The highest BCUT2D eigenvalue weighted by Crippen LogP contribution is 2.35. The molecule has 2 heterocycles. The van der Waals surface area contributed by atoms with Crippen molar-refractivity contribution in [3.8, 4) is 11.3 Å². The first kappa shape index (κ1) is 23.7. The zero-order valence-corrected chi connectivity index (χ0v) is 20.9. The number of nitrogen functional groups attached to an aromatic ring is 1. The maximum absolute atomic E-state index is 13.9. The summed E-state index contributed by atoms with van der Waals surface area (Å²) in [5, 5.41) is 7.79. The largest absolute Gasteiger partial charge is 0.384 e. The Labute approximate surface area is 207 Å². The zero-order valence-electron chi connectivity index (χ0n) is 20.9. The molecule has 3 N–H and O–H groups in total. The molecular formula is C29H37N5O. The van der Waals surface area contributed by atoms with Gasteiger partial charge >= 0.3 is 0 Å². The average molecular weight is 472 g/mol. The van der Waals surface area contributed by atoms with Gasteiger partial charge in [0, 0.05) is 35.8 Å². The summed E-state index contributed by atoms with van der Waals surface area (Å²) in [6.45, 7) is 5.95. The summed E-state index contributed by atoms with van der Waals surface area (Å²) in [5.41, 5.74) is 9.14. The molecule has 5 rings (SSSR count). The van der Waals surface area contributed by atoms with E-state index in [1.807, 2.05) is 41.0 Å². The maximum atomic E-state index is 13.9. The number of fused-ring (bicyclic) bond motifs is 1. The van der Waals surface area contributed by atoms with Crippen molar-refractivity contribution in [3.05, 3.63) is 64.4 Å². The van der Waals surface area contributed by atoms with Crippen molar-refractivity contribution >= 4 is 16.9 Å². The third kappa shape index (κ3) is 4.76. The van der Waals surface area contributed by atoms with E-state index >= 15 is 0 Å². The number of hydrogen-bond donors (Lipinski definition) is 2. The predicted octanol–water partition coefficient (Wildman–Crippen LogP) is 5.34. The Bertz CT molecular complexity index is 1260. The highest BCUT2D eigenvalue weighted by atomic mass is 16.1. The van der Waals surface area contributed by atoms with Crippen molar-refractivity contribution in [1.82, 2.24) is 14.5 Å². The van der Waals surface area contributed by atoms with Crippen LogP contribution in [0.4, 0.5) is 0 Å². The van der Waals surface area contributed by atoms with E-state index in [1.165, 1.54) is 25.8 Å². The van der Waals surface area contributed by atoms with Crippen molar-refractivity contribution in [3.63, 3.8) is 0 Å². The summed E-state index contributed by atoms with van der Waals surface area (Å²) in [4.78, 5) is 21.3. The number of amidine groups is 1. The molecule has 0 radical (unpaired) electrons. The summed E-state index contributed by atoms with van der Waals surface area (Å²) in [7, 11) is 0. The van der Waals surface area contributed by atoms with Gasteiger partial charge in [0.1, 0.15) is 11.5 Å². The molecule has 184 valence electrons. The van der Waals surface area contributed by atoms with E-state index in [4.69, 9.17) is 16.1 Å². The van der Waals surface area contributed by atoms with Gasteiger partial charge in [-0.3, -0.25) is 15.1 Å². The SMILES string of the molecule is CC1CCCC(C)N1CC1CCC(n2c(=O)c(-c3cccc(C(=N)N)c3)nc3ccccc32)CC1.